The summed E-state index contributed by atoms with van der Waals surface area (Å²) in [7, 11) is 0. The Morgan fingerprint density at radius 2 is 1.79 bits per heavy atom. The zero-order valence-corrected chi connectivity index (χ0v) is 9.04. The highest BCUT2D eigenvalue weighted by molar-refractivity contribution is 5.83. The first kappa shape index (κ1) is 9.32. The molecular formula is C13H17N. The Hall–Kier alpha value is -1.24. The van der Waals surface area contributed by atoms with E-state index in [0.29, 0.717) is 11.8 Å². The third-order valence-electron chi connectivity index (χ3n) is 3.11. The van der Waals surface area contributed by atoms with Gasteiger partial charge in [-0.3, -0.25) is 0 Å². The van der Waals surface area contributed by atoms with Gasteiger partial charge in [0.15, 0.2) is 0 Å². The van der Waals surface area contributed by atoms with Gasteiger partial charge >= 0.3 is 0 Å². The van der Waals surface area contributed by atoms with Crippen LogP contribution in [0.1, 0.15) is 32.3 Å². The number of H-pyrrole nitrogens is 1. The summed E-state index contributed by atoms with van der Waals surface area (Å²) in [6, 6.07) is 8.50. The van der Waals surface area contributed by atoms with E-state index in [1.54, 1.807) is 0 Å². The van der Waals surface area contributed by atoms with E-state index in [2.05, 4.69) is 56.2 Å². The van der Waals surface area contributed by atoms with E-state index in [4.69, 9.17) is 0 Å². The van der Waals surface area contributed by atoms with Crippen molar-refractivity contribution in [3.8, 4) is 0 Å². The maximum Gasteiger partial charge on any atom is 0.0456 e. The second-order valence-electron chi connectivity index (χ2n) is 4.32. The van der Waals surface area contributed by atoms with Crippen molar-refractivity contribution in [2.75, 3.05) is 0 Å². The lowest BCUT2D eigenvalue weighted by Gasteiger charge is -2.14. The van der Waals surface area contributed by atoms with Crippen molar-refractivity contribution < 1.29 is 0 Å². The fourth-order valence-electron chi connectivity index (χ4n) is 1.83. The summed E-state index contributed by atoms with van der Waals surface area (Å²) in [5.41, 5.74) is 2.69. The molecule has 0 aliphatic rings. The first-order chi connectivity index (χ1) is 6.70. The molecular weight excluding hydrogens is 170 g/mol. The maximum atomic E-state index is 3.32. The van der Waals surface area contributed by atoms with Gasteiger partial charge in [-0.05, 0) is 23.5 Å². The molecule has 2 aromatic rings. The van der Waals surface area contributed by atoms with Crippen molar-refractivity contribution in [3.63, 3.8) is 0 Å². The van der Waals surface area contributed by atoms with Gasteiger partial charge in [0.05, 0.1) is 0 Å². The lowest BCUT2D eigenvalue weighted by atomic mass is 9.90. The van der Waals surface area contributed by atoms with E-state index in [1.807, 2.05) is 0 Å². The molecule has 0 aliphatic heterocycles. The standard InChI is InChI=1S/C13H17N/c1-9(2)10(3)12-8-14-13-7-5-4-6-11(12)13/h4-10,14H,1-3H3. The van der Waals surface area contributed by atoms with Crippen LogP contribution in [0.5, 0.6) is 0 Å². The average Bonchev–Trinajstić information content (AvgIpc) is 2.60. The van der Waals surface area contributed by atoms with Gasteiger partial charge in [-0.2, -0.15) is 0 Å². The monoisotopic (exact) mass is 187 g/mol. The fraction of sp³-hybridized carbons (Fsp3) is 0.385. The molecule has 0 amide bonds. The molecule has 0 spiro atoms. The molecule has 0 aliphatic carbocycles. The predicted octanol–water partition coefficient (Wildman–Crippen LogP) is 3.93. The highest BCUT2D eigenvalue weighted by Crippen LogP contribution is 2.29. The normalized spacial score (nSPS) is 13.7. The van der Waals surface area contributed by atoms with Crippen LogP contribution in [0.15, 0.2) is 30.5 Å². The Balaban J connectivity index is 2.53. The van der Waals surface area contributed by atoms with Gasteiger partial charge in [-0.25, -0.2) is 0 Å². The average molecular weight is 187 g/mol. The minimum Gasteiger partial charge on any atom is -0.361 e. The smallest absolute Gasteiger partial charge is 0.0456 e. The van der Waals surface area contributed by atoms with E-state index >= 15 is 0 Å². The number of benzene rings is 1. The third kappa shape index (κ3) is 1.43. The Morgan fingerprint density at radius 1 is 1.07 bits per heavy atom. The van der Waals surface area contributed by atoms with Crippen molar-refractivity contribution in [1.82, 2.24) is 4.98 Å². The molecule has 1 aromatic heterocycles. The quantitative estimate of drug-likeness (QED) is 0.733. The number of aromatic nitrogens is 1. The summed E-state index contributed by atoms with van der Waals surface area (Å²) in [4.78, 5) is 3.32. The number of hydrogen-bond acceptors (Lipinski definition) is 0. The number of fused-ring (bicyclic) bond motifs is 1. The Labute approximate surface area is 85.1 Å². The van der Waals surface area contributed by atoms with E-state index in [-0.39, 0.29) is 0 Å². The van der Waals surface area contributed by atoms with Crippen LogP contribution in [0.4, 0.5) is 0 Å². The molecule has 1 atom stereocenters. The van der Waals surface area contributed by atoms with Gasteiger partial charge in [0.1, 0.15) is 0 Å². The number of nitrogens with one attached hydrogen (secondary N) is 1. The molecule has 14 heavy (non-hydrogen) atoms. The molecule has 1 aromatic carbocycles. The van der Waals surface area contributed by atoms with Gasteiger partial charge in [-0.1, -0.05) is 39.0 Å². The topological polar surface area (TPSA) is 15.8 Å². The van der Waals surface area contributed by atoms with Crippen LogP contribution in [-0.2, 0) is 0 Å². The minimum absolute atomic E-state index is 0.617. The van der Waals surface area contributed by atoms with Crippen molar-refractivity contribution in [1.29, 1.82) is 0 Å². The summed E-state index contributed by atoms with van der Waals surface area (Å²) in [6.07, 6.45) is 2.15. The molecule has 1 unspecified atom stereocenters. The molecule has 1 heterocycles. The van der Waals surface area contributed by atoms with Gasteiger partial charge in [0.25, 0.3) is 0 Å². The summed E-state index contributed by atoms with van der Waals surface area (Å²) >= 11 is 0. The van der Waals surface area contributed by atoms with Gasteiger partial charge in [0, 0.05) is 17.1 Å². The van der Waals surface area contributed by atoms with E-state index < -0.39 is 0 Å². The maximum absolute atomic E-state index is 3.32. The SMILES string of the molecule is CC(C)C(C)c1c[nH]c2ccccc12. The van der Waals surface area contributed by atoms with E-state index in [0.717, 1.165) is 0 Å². The van der Waals surface area contributed by atoms with Crippen molar-refractivity contribution >= 4 is 10.9 Å². The molecule has 0 radical (unpaired) electrons. The summed E-state index contributed by atoms with van der Waals surface area (Å²) in [5, 5.41) is 1.37. The third-order valence-corrected chi connectivity index (χ3v) is 3.11. The van der Waals surface area contributed by atoms with Crippen LogP contribution >= 0.6 is 0 Å². The first-order valence-corrected chi connectivity index (χ1v) is 5.26. The lowest BCUT2D eigenvalue weighted by Crippen LogP contribution is -2.00. The summed E-state index contributed by atoms with van der Waals surface area (Å²) < 4.78 is 0. The summed E-state index contributed by atoms with van der Waals surface area (Å²) in [6.45, 7) is 6.83. The molecule has 1 nitrogen and oxygen atoms in total. The largest absolute Gasteiger partial charge is 0.361 e. The Morgan fingerprint density at radius 3 is 2.50 bits per heavy atom. The van der Waals surface area contributed by atoms with Crippen molar-refractivity contribution in [2.24, 2.45) is 5.92 Å². The Kier molecular flexibility index (Phi) is 2.32. The number of hydrogen-bond donors (Lipinski definition) is 1. The van der Waals surface area contributed by atoms with Gasteiger partial charge in [0.2, 0.25) is 0 Å². The summed E-state index contributed by atoms with van der Waals surface area (Å²) in [5.74, 6) is 1.31. The molecule has 0 saturated carbocycles. The zero-order valence-electron chi connectivity index (χ0n) is 9.04. The second kappa shape index (κ2) is 3.49. The Bertz CT molecular complexity index is 425. The number of aromatic amines is 1. The lowest BCUT2D eigenvalue weighted by molar-refractivity contribution is 0.538. The first-order valence-electron chi connectivity index (χ1n) is 5.26. The van der Waals surface area contributed by atoms with E-state index in [1.165, 1.54) is 16.5 Å². The molecule has 0 fully saturated rings. The van der Waals surface area contributed by atoms with Crippen molar-refractivity contribution in [2.45, 2.75) is 26.7 Å². The van der Waals surface area contributed by atoms with Crippen LogP contribution in [0, 0.1) is 5.92 Å². The predicted molar refractivity (Wildman–Crippen MR) is 61.6 cm³/mol. The molecule has 1 heteroatoms. The highest BCUT2D eigenvalue weighted by Gasteiger charge is 2.13. The molecule has 1 N–H and O–H groups in total. The van der Waals surface area contributed by atoms with E-state index in [9.17, 15) is 0 Å². The molecule has 2 rings (SSSR count). The fourth-order valence-corrected chi connectivity index (χ4v) is 1.83. The molecule has 0 bridgehead atoms. The highest BCUT2D eigenvalue weighted by atomic mass is 14.7. The van der Waals surface area contributed by atoms with Crippen LogP contribution in [0.25, 0.3) is 10.9 Å². The number of para-hydroxylation sites is 1. The minimum atomic E-state index is 0.617. The van der Waals surface area contributed by atoms with Crippen LogP contribution in [-0.4, -0.2) is 4.98 Å². The van der Waals surface area contributed by atoms with Crippen LogP contribution in [0.2, 0.25) is 0 Å². The van der Waals surface area contributed by atoms with Gasteiger partial charge < -0.3 is 4.98 Å². The van der Waals surface area contributed by atoms with Gasteiger partial charge in [-0.15, -0.1) is 0 Å². The van der Waals surface area contributed by atoms with Crippen LogP contribution < -0.4 is 0 Å². The molecule has 74 valence electrons. The second-order valence-corrected chi connectivity index (χ2v) is 4.32. The van der Waals surface area contributed by atoms with Crippen molar-refractivity contribution in [3.05, 3.63) is 36.0 Å². The van der Waals surface area contributed by atoms with Crippen LogP contribution in [0.3, 0.4) is 0 Å². The number of rotatable bonds is 2. The molecule has 0 saturated heterocycles. The zero-order chi connectivity index (χ0) is 10.1.